The lowest BCUT2D eigenvalue weighted by atomic mass is 10.0. The summed E-state index contributed by atoms with van der Waals surface area (Å²) in [5.41, 5.74) is 0.635. The van der Waals surface area contributed by atoms with Crippen LogP contribution in [-0.4, -0.2) is 77.3 Å². The molecule has 0 fully saturated rings. The summed E-state index contributed by atoms with van der Waals surface area (Å²) in [6.07, 6.45) is 40.7. The zero-order valence-electron chi connectivity index (χ0n) is 41.0. The molecule has 1 rings (SSSR count). The molecule has 0 aliphatic rings. The SMILES string of the molecule is CCCCCCCCC(CCCCCCCC)OC(=O)CCCCCCCN(CCCCCC(=O)OC(CCCC)CCCCCC)CC(O)CCCCNC(=O)c1cc[nH]c1. The molecule has 1 heterocycles. The van der Waals surface area contributed by atoms with E-state index in [-0.39, 0.29) is 30.1 Å². The van der Waals surface area contributed by atoms with Gasteiger partial charge in [0.05, 0.1) is 11.7 Å². The van der Waals surface area contributed by atoms with Crippen LogP contribution in [0.3, 0.4) is 0 Å². The second-order valence-electron chi connectivity index (χ2n) is 18.5. The Labute approximate surface area is 381 Å². The molecule has 0 radical (unpaired) electrons. The van der Waals surface area contributed by atoms with Crippen LogP contribution in [0.5, 0.6) is 0 Å². The van der Waals surface area contributed by atoms with Crippen molar-refractivity contribution in [2.75, 3.05) is 26.2 Å². The Morgan fingerprint density at radius 1 is 0.548 bits per heavy atom. The predicted molar refractivity (Wildman–Crippen MR) is 260 cm³/mol. The van der Waals surface area contributed by atoms with Crippen LogP contribution in [0.1, 0.15) is 263 Å². The molecule has 0 aromatic carbocycles. The molecule has 9 heteroatoms. The van der Waals surface area contributed by atoms with Crippen LogP contribution < -0.4 is 5.32 Å². The lowest BCUT2D eigenvalue weighted by Crippen LogP contribution is -2.34. The molecule has 2 unspecified atom stereocenters. The van der Waals surface area contributed by atoms with Crippen LogP contribution in [0.25, 0.3) is 0 Å². The lowest BCUT2D eigenvalue weighted by molar-refractivity contribution is -0.151. The second kappa shape index (κ2) is 42.6. The number of aromatic amines is 1. The molecular formula is C53H99N3O6. The van der Waals surface area contributed by atoms with E-state index in [9.17, 15) is 19.5 Å². The molecule has 62 heavy (non-hydrogen) atoms. The maximum Gasteiger partial charge on any atom is 0.306 e. The number of hydrogen-bond donors (Lipinski definition) is 3. The molecule has 2 atom stereocenters. The van der Waals surface area contributed by atoms with Gasteiger partial charge in [0.15, 0.2) is 0 Å². The number of nitrogens with zero attached hydrogens (tertiary/aromatic N) is 1. The van der Waals surface area contributed by atoms with Crippen molar-refractivity contribution in [3.8, 4) is 0 Å². The maximum absolute atomic E-state index is 12.9. The van der Waals surface area contributed by atoms with Crippen LogP contribution in [0.2, 0.25) is 0 Å². The average Bonchev–Trinajstić information content (AvgIpc) is 3.81. The summed E-state index contributed by atoms with van der Waals surface area (Å²) in [4.78, 5) is 43.2. The molecule has 3 N–H and O–H groups in total. The number of aliphatic hydroxyl groups is 1. The minimum absolute atomic E-state index is 0.0119. The normalized spacial score (nSPS) is 12.6. The summed E-state index contributed by atoms with van der Waals surface area (Å²) in [5, 5.41) is 14.0. The fourth-order valence-corrected chi connectivity index (χ4v) is 8.42. The largest absolute Gasteiger partial charge is 0.462 e. The van der Waals surface area contributed by atoms with Gasteiger partial charge < -0.3 is 29.8 Å². The lowest BCUT2D eigenvalue weighted by Gasteiger charge is -2.25. The molecule has 0 bridgehead atoms. The van der Waals surface area contributed by atoms with Crippen molar-refractivity contribution in [3.05, 3.63) is 24.0 Å². The molecule has 0 aliphatic heterocycles. The number of amides is 1. The van der Waals surface area contributed by atoms with Crippen molar-refractivity contribution < 1.29 is 29.0 Å². The zero-order valence-corrected chi connectivity index (χ0v) is 41.0. The van der Waals surface area contributed by atoms with Crippen LogP contribution in [0, 0.1) is 0 Å². The third kappa shape index (κ3) is 35.0. The average molecular weight is 874 g/mol. The third-order valence-corrected chi connectivity index (χ3v) is 12.4. The molecule has 1 aromatic rings. The van der Waals surface area contributed by atoms with E-state index < -0.39 is 6.10 Å². The quantitative estimate of drug-likeness (QED) is 0.0441. The minimum atomic E-state index is -0.417. The Morgan fingerprint density at radius 3 is 1.47 bits per heavy atom. The van der Waals surface area contributed by atoms with Crippen molar-refractivity contribution >= 4 is 17.8 Å². The van der Waals surface area contributed by atoms with Gasteiger partial charge in [0.1, 0.15) is 12.2 Å². The second-order valence-corrected chi connectivity index (χ2v) is 18.5. The Balaban J connectivity index is 2.50. The summed E-state index contributed by atoms with van der Waals surface area (Å²) in [6.45, 7) is 12.0. The third-order valence-electron chi connectivity index (χ3n) is 12.4. The number of carbonyl (C=O) groups is 3. The summed E-state index contributed by atoms with van der Waals surface area (Å²) in [5.74, 6) is -0.133. The van der Waals surface area contributed by atoms with Crippen molar-refractivity contribution in [2.45, 2.75) is 271 Å². The Morgan fingerprint density at radius 2 is 0.968 bits per heavy atom. The van der Waals surface area contributed by atoms with Crippen LogP contribution in [-0.2, 0) is 19.1 Å². The first-order valence-electron chi connectivity index (χ1n) is 26.5. The molecule has 1 amide bonds. The van der Waals surface area contributed by atoms with Gasteiger partial charge in [0.25, 0.3) is 5.91 Å². The molecule has 0 saturated heterocycles. The van der Waals surface area contributed by atoms with E-state index in [2.05, 4.69) is 42.9 Å². The van der Waals surface area contributed by atoms with Gasteiger partial charge in [0.2, 0.25) is 0 Å². The highest BCUT2D eigenvalue weighted by molar-refractivity contribution is 5.93. The number of ether oxygens (including phenoxy) is 2. The minimum Gasteiger partial charge on any atom is -0.462 e. The van der Waals surface area contributed by atoms with Crippen molar-refractivity contribution in [1.29, 1.82) is 0 Å². The molecule has 0 saturated carbocycles. The first kappa shape index (κ1) is 57.6. The Kier molecular flexibility index (Phi) is 39.6. The van der Waals surface area contributed by atoms with Crippen molar-refractivity contribution in [3.63, 3.8) is 0 Å². The van der Waals surface area contributed by atoms with E-state index >= 15 is 0 Å². The van der Waals surface area contributed by atoms with E-state index in [1.165, 1.54) is 83.5 Å². The highest BCUT2D eigenvalue weighted by Crippen LogP contribution is 2.19. The van der Waals surface area contributed by atoms with Crippen molar-refractivity contribution in [1.82, 2.24) is 15.2 Å². The predicted octanol–water partition coefficient (Wildman–Crippen LogP) is 14.0. The summed E-state index contributed by atoms with van der Waals surface area (Å²) < 4.78 is 12.0. The van der Waals surface area contributed by atoms with Crippen molar-refractivity contribution in [2.24, 2.45) is 0 Å². The topological polar surface area (TPSA) is 121 Å². The van der Waals surface area contributed by atoms with Crippen LogP contribution >= 0.6 is 0 Å². The Bertz CT molecular complexity index is 1130. The van der Waals surface area contributed by atoms with Gasteiger partial charge in [-0.05, 0) is 109 Å². The van der Waals surface area contributed by atoms with Gasteiger partial charge >= 0.3 is 11.9 Å². The van der Waals surface area contributed by atoms with E-state index in [1.807, 2.05) is 0 Å². The molecule has 0 spiro atoms. The first-order valence-corrected chi connectivity index (χ1v) is 26.5. The summed E-state index contributed by atoms with van der Waals surface area (Å²) in [6, 6.07) is 1.76. The van der Waals surface area contributed by atoms with Gasteiger partial charge in [-0.1, -0.05) is 150 Å². The van der Waals surface area contributed by atoms with Gasteiger partial charge in [-0.15, -0.1) is 0 Å². The molecule has 0 aliphatic carbocycles. The van der Waals surface area contributed by atoms with Gasteiger partial charge in [-0.2, -0.15) is 0 Å². The fourth-order valence-electron chi connectivity index (χ4n) is 8.42. The summed E-state index contributed by atoms with van der Waals surface area (Å²) >= 11 is 0. The number of nitrogens with one attached hydrogen (secondary N) is 2. The van der Waals surface area contributed by atoms with E-state index in [0.29, 0.717) is 37.9 Å². The standard InChI is InChI=1S/C53H99N3O6/c1-5-9-13-16-19-25-36-50(37-26-20-17-14-10-6-2)62-51(58)38-27-21-18-22-31-43-56(46-48(57)33-29-30-41-55-53(60)47-40-42-54-45-47)44-32-23-28-39-52(59)61-49(34-12-8-4)35-24-15-11-7-3/h40,42,45,48-50,54,57H,5-39,41,43-44,46H2,1-4H3,(H,55,60). The fraction of sp³-hybridized carbons (Fsp3) is 0.868. The number of aromatic nitrogens is 1. The number of hydrogen-bond acceptors (Lipinski definition) is 7. The molecular weight excluding hydrogens is 775 g/mol. The van der Waals surface area contributed by atoms with E-state index in [4.69, 9.17) is 9.47 Å². The van der Waals surface area contributed by atoms with E-state index in [1.54, 1.807) is 18.5 Å². The van der Waals surface area contributed by atoms with Gasteiger partial charge in [0, 0.05) is 38.3 Å². The summed E-state index contributed by atoms with van der Waals surface area (Å²) in [7, 11) is 0. The molecule has 362 valence electrons. The number of unbranched alkanes of at least 4 members (excludes halogenated alkanes) is 21. The van der Waals surface area contributed by atoms with Gasteiger partial charge in [-0.3, -0.25) is 14.4 Å². The number of aliphatic hydroxyl groups excluding tert-OH is 1. The highest BCUT2D eigenvalue weighted by Gasteiger charge is 2.17. The first-order chi connectivity index (χ1) is 30.3. The van der Waals surface area contributed by atoms with Crippen LogP contribution in [0.15, 0.2) is 18.5 Å². The van der Waals surface area contributed by atoms with Gasteiger partial charge in [-0.25, -0.2) is 0 Å². The Hall–Kier alpha value is -2.39. The number of rotatable bonds is 46. The number of H-pyrrole nitrogens is 1. The monoisotopic (exact) mass is 874 g/mol. The molecule has 9 nitrogen and oxygen atoms in total. The number of esters is 2. The highest BCUT2D eigenvalue weighted by atomic mass is 16.5. The maximum atomic E-state index is 12.9. The smallest absolute Gasteiger partial charge is 0.306 e. The zero-order chi connectivity index (χ0) is 45.1. The van der Waals surface area contributed by atoms with E-state index in [0.717, 1.165) is 135 Å². The van der Waals surface area contributed by atoms with Crippen LogP contribution in [0.4, 0.5) is 0 Å². The number of carbonyl (C=O) groups excluding carboxylic acids is 3. The molecule has 1 aromatic heterocycles.